The number of halogens is 1. The molecule has 7 heteroatoms. The molecular weight excluding hydrogens is 389 g/mol. The normalized spacial score (nSPS) is 14.6. The lowest BCUT2D eigenvalue weighted by Crippen LogP contribution is -2.50. The number of amides is 2. The van der Waals surface area contributed by atoms with Gasteiger partial charge in [-0.15, -0.1) is 11.8 Å². The average Bonchev–Trinajstić information content (AvgIpc) is 2.75. The maximum atomic E-state index is 12.9. The molecule has 0 aromatic heterocycles. The van der Waals surface area contributed by atoms with Crippen LogP contribution in [0.5, 0.6) is 0 Å². The van der Waals surface area contributed by atoms with Gasteiger partial charge in [-0.3, -0.25) is 14.5 Å². The van der Waals surface area contributed by atoms with Gasteiger partial charge in [0, 0.05) is 50.6 Å². The molecule has 5 nitrogen and oxygen atoms in total. The van der Waals surface area contributed by atoms with Crippen molar-refractivity contribution in [3.63, 3.8) is 0 Å². The second-order valence-corrected chi connectivity index (χ2v) is 7.95. The molecule has 1 fully saturated rings. The molecule has 0 aliphatic carbocycles. The minimum absolute atomic E-state index is 0.190. The topological polar surface area (TPSA) is 52.7 Å². The summed E-state index contributed by atoms with van der Waals surface area (Å²) in [6, 6.07) is 15.7. The van der Waals surface area contributed by atoms with Gasteiger partial charge in [-0.05, 0) is 29.8 Å². The van der Waals surface area contributed by atoms with E-state index in [1.54, 1.807) is 11.8 Å². The lowest BCUT2D eigenvalue weighted by Gasteiger charge is -2.34. The Bertz CT molecular complexity index is 793. The Hall–Kier alpha value is -2.38. The summed E-state index contributed by atoms with van der Waals surface area (Å²) in [7, 11) is 0. The molecule has 1 aliphatic heterocycles. The predicted molar refractivity (Wildman–Crippen MR) is 114 cm³/mol. The molecule has 2 aromatic rings. The van der Waals surface area contributed by atoms with Crippen molar-refractivity contribution in [3.05, 3.63) is 71.5 Å². The van der Waals surface area contributed by atoms with E-state index >= 15 is 0 Å². The van der Waals surface area contributed by atoms with Crippen LogP contribution in [0, 0.1) is 5.82 Å². The first-order valence-corrected chi connectivity index (χ1v) is 10.9. The molecule has 0 spiro atoms. The summed E-state index contributed by atoms with van der Waals surface area (Å²) >= 11 is 1.65. The van der Waals surface area contributed by atoms with E-state index in [0.29, 0.717) is 17.9 Å². The van der Waals surface area contributed by atoms with Gasteiger partial charge in [0.05, 0.1) is 5.75 Å². The van der Waals surface area contributed by atoms with Crippen molar-refractivity contribution in [1.82, 2.24) is 15.1 Å². The molecule has 1 heterocycles. The number of nitrogens with zero attached hydrogens (tertiary/aromatic N) is 2. The van der Waals surface area contributed by atoms with Gasteiger partial charge in [0.2, 0.25) is 5.91 Å². The van der Waals surface area contributed by atoms with E-state index in [9.17, 15) is 14.0 Å². The van der Waals surface area contributed by atoms with Gasteiger partial charge in [0.1, 0.15) is 5.82 Å². The van der Waals surface area contributed by atoms with Crippen molar-refractivity contribution < 1.29 is 14.0 Å². The summed E-state index contributed by atoms with van der Waals surface area (Å²) in [6.07, 6.45) is 0. The average molecular weight is 416 g/mol. The van der Waals surface area contributed by atoms with Gasteiger partial charge in [-0.2, -0.15) is 0 Å². The number of hydrogen-bond donors (Lipinski definition) is 1. The Kier molecular flexibility index (Phi) is 8.07. The van der Waals surface area contributed by atoms with E-state index < -0.39 is 0 Å². The maximum Gasteiger partial charge on any atom is 0.251 e. The monoisotopic (exact) mass is 415 g/mol. The maximum absolute atomic E-state index is 12.9. The van der Waals surface area contributed by atoms with Crippen molar-refractivity contribution in [2.24, 2.45) is 0 Å². The van der Waals surface area contributed by atoms with Crippen LogP contribution in [-0.4, -0.2) is 66.6 Å². The van der Waals surface area contributed by atoms with Crippen LogP contribution in [0.4, 0.5) is 4.39 Å². The zero-order chi connectivity index (χ0) is 20.5. The summed E-state index contributed by atoms with van der Waals surface area (Å²) in [5.41, 5.74) is 1.69. The van der Waals surface area contributed by atoms with Crippen LogP contribution in [0.3, 0.4) is 0 Å². The van der Waals surface area contributed by atoms with Crippen molar-refractivity contribution in [2.45, 2.75) is 5.75 Å². The molecule has 3 rings (SSSR count). The van der Waals surface area contributed by atoms with E-state index in [1.165, 1.54) is 29.8 Å². The summed E-state index contributed by atoms with van der Waals surface area (Å²) in [4.78, 5) is 28.6. The highest BCUT2D eigenvalue weighted by atomic mass is 32.2. The molecule has 0 bridgehead atoms. The highest BCUT2D eigenvalue weighted by molar-refractivity contribution is 7.99. The molecule has 154 valence electrons. The van der Waals surface area contributed by atoms with E-state index in [4.69, 9.17) is 0 Å². The summed E-state index contributed by atoms with van der Waals surface area (Å²) in [6.45, 7) is 4.31. The largest absolute Gasteiger partial charge is 0.351 e. The van der Waals surface area contributed by atoms with Crippen LogP contribution in [0.1, 0.15) is 15.9 Å². The standard InChI is InChI=1S/C22H26FN3O2S/c23-20-8-6-19(7-9-20)22(28)24-10-11-25-12-14-26(15-13-25)21(27)17-29-16-18-4-2-1-3-5-18/h1-9H,10-17H2,(H,24,28). The van der Waals surface area contributed by atoms with E-state index in [2.05, 4.69) is 22.3 Å². The van der Waals surface area contributed by atoms with Gasteiger partial charge in [-0.25, -0.2) is 4.39 Å². The number of thioether (sulfide) groups is 1. The van der Waals surface area contributed by atoms with Crippen LogP contribution in [0.2, 0.25) is 0 Å². The molecular formula is C22H26FN3O2S. The first-order chi connectivity index (χ1) is 14.1. The quantitative estimate of drug-likeness (QED) is 0.720. The summed E-state index contributed by atoms with van der Waals surface area (Å²) < 4.78 is 12.9. The SMILES string of the molecule is O=C(NCCN1CCN(C(=O)CSCc2ccccc2)CC1)c1ccc(F)cc1. The minimum Gasteiger partial charge on any atom is -0.351 e. The van der Waals surface area contributed by atoms with Crippen molar-refractivity contribution >= 4 is 23.6 Å². The van der Waals surface area contributed by atoms with Crippen LogP contribution in [0.15, 0.2) is 54.6 Å². The lowest BCUT2D eigenvalue weighted by molar-refractivity contribution is -0.130. The fourth-order valence-electron chi connectivity index (χ4n) is 3.17. The first-order valence-electron chi connectivity index (χ1n) is 9.77. The molecule has 1 saturated heterocycles. The van der Waals surface area contributed by atoms with Gasteiger partial charge >= 0.3 is 0 Å². The fourth-order valence-corrected chi connectivity index (χ4v) is 4.06. The third kappa shape index (κ3) is 6.87. The van der Waals surface area contributed by atoms with Crippen molar-refractivity contribution in [3.8, 4) is 0 Å². The third-order valence-electron chi connectivity index (χ3n) is 4.88. The Morgan fingerprint density at radius 3 is 2.34 bits per heavy atom. The lowest BCUT2D eigenvalue weighted by atomic mass is 10.2. The molecule has 2 aromatic carbocycles. The number of hydrogen-bond acceptors (Lipinski definition) is 4. The van der Waals surface area contributed by atoms with Crippen LogP contribution >= 0.6 is 11.8 Å². The number of benzene rings is 2. The second kappa shape index (κ2) is 11.0. The van der Waals surface area contributed by atoms with E-state index in [1.807, 2.05) is 23.1 Å². The molecule has 1 aliphatic rings. The van der Waals surface area contributed by atoms with Gasteiger partial charge in [-0.1, -0.05) is 30.3 Å². The third-order valence-corrected chi connectivity index (χ3v) is 5.87. The van der Waals surface area contributed by atoms with E-state index in [-0.39, 0.29) is 17.6 Å². The molecule has 0 atom stereocenters. The van der Waals surface area contributed by atoms with E-state index in [0.717, 1.165) is 38.5 Å². The minimum atomic E-state index is -0.354. The molecule has 0 saturated carbocycles. The van der Waals surface area contributed by atoms with Crippen LogP contribution in [0.25, 0.3) is 0 Å². The predicted octanol–water partition coefficient (Wildman–Crippen LogP) is 2.63. The smallest absolute Gasteiger partial charge is 0.251 e. The Morgan fingerprint density at radius 1 is 0.966 bits per heavy atom. The Labute approximate surface area is 175 Å². The Morgan fingerprint density at radius 2 is 1.66 bits per heavy atom. The zero-order valence-corrected chi connectivity index (χ0v) is 17.2. The summed E-state index contributed by atoms with van der Waals surface area (Å²) in [5.74, 6) is 0.986. The number of nitrogens with one attached hydrogen (secondary N) is 1. The number of rotatable bonds is 8. The molecule has 0 unspecified atom stereocenters. The van der Waals surface area contributed by atoms with Crippen LogP contribution in [-0.2, 0) is 10.5 Å². The van der Waals surface area contributed by atoms with Crippen LogP contribution < -0.4 is 5.32 Å². The van der Waals surface area contributed by atoms with Gasteiger partial charge in [0.25, 0.3) is 5.91 Å². The highest BCUT2D eigenvalue weighted by Gasteiger charge is 2.20. The molecule has 2 amide bonds. The first kappa shape index (κ1) is 21.3. The van der Waals surface area contributed by atoms with Gasteiger partial charge in [0.15, 0.2) is 0 Å². The summed E-state index contributed by atoms with van der Waals surface area (Å²) in [5, 5.41) is 2.86. The molecule has 29 heavy (non-hydrogen) atoms. The van der Waals surface area contributed by atoms with Gasteiger partial charge < -0.3 is 10.2 Å². The van der Waals surface area contributed by atoms with Crippen molar-refractivity contribution in [2.75, 3.05) is 45.0 Å². The molecule has 1 N–H and O–H groups in total. The second-order valence-electron chi connectivity index (χ2n) is 6.96. The van der Waals surface area contributed by atoms with Crippen molar-refractivity contribution in [1.29, 1.82) is 0 Å². The number of piperazine rings is 1. The number of carbonyl (C=O) groups is 2. The Balaban J connectivity index is 1.30. The molecule has 0 radical (unpaired) electrons. The number of carbonyl (C=O) groups excluding carboxylic acids is 2. The highest BCUT2D eigenvalue weighted by Crippen LogP contribution is 2.13. The zero-order valence-electron chi connectivity index (χ0n) is 16.4. The fraction of sp³-hybridized carbons (Fsp3) is 0.364.